The number of ether oxygens (including phenoxy) is 2. The zero-order valence-electron chi connectivity index (χ0n) is 11.2. The van der Waals surface area contributed by atoms with Gasteiger partial charge < -0.3 is 19.3 Å². The van der Waals surface area contributed by atoms with Gasteiger partial charge >= 0.3 is 0 Å². The van der Waals surface area contributed by atoms with Crippen molar-refractivity contribution in [3.05, 3.63) is 18.0 Å². The molecule has 0 amide bonds. The van der Waals surface area contributed by atoms with Crippen molar-refractivity contribution in [1.82, 2.24) is 25.7 Å². The maximum absolute atomic E-state index is 5.29. The molecule has 1 aliphatic heterocycles. The fourth-order valence-electron chi connectivity index (χ4n) is 2.10. The molecular formula is C12H15N5O3. The van der Waals surface area contributed by atoms with Crippen LogP contribution >= 0.6 is 0 Å². The number of methoxy groups -OCH3 is 2. The van der Waals surface area contributed by atoms with E-state index in [0.29, 0.717) is 23.3 Å². The van der Waals surface area contributed by atoms with Crippen LogP contribution in [0.4, 0.5) is 0 Å². The second-order valence-electron chi connectivity index (χ2n) is 4.47. The fourth-order valence-corrected chi connectivity index (χ4v) is 2.10. The van der Waals surface area contributed by atoms with Gasteiger partial charge in [-0.25, -0.2) is 0 Å². The van der Waals surface area contributed by atoms with Crippen LogP contribution in [-0.2, 0) is 4.74 Å². The maximum atomic E-state index is 5.29. The summed E-state index contributed by atoms with van der Waals surface area (Å²) in [5, 5.41) is 15.1. The molecule has 2 aromatic heterocycles. The first-order chi connectivity index (χ1) is 9.80. The normalized spacial score (nSPS) is 22.1. The third-order valence-corrected chi connectivity index (χ3v) is 3.24. The number of aromatic nitrogens is 4. The summed E-state index contributed by atoms with van der Waals surface area (Å²) in [5.74, 6) is 1.40. The summed E-state index contributed by atoms with van der Waals surface area (Å²) in [5.41, 5.74) is 0.544. The number of nitrogens with zero attached hydrogens (tertiary/aromatic N) is 4. The largest absolute Gasteiger partial charge is 0.480 e. The highest BCUT2D eigenvalue weighted by atomic mass is 16.5. The molecule has 1 saturated heterocycles. The molecule has 3 rings (SSSR count). The van der Waals surface area contributed by atoms with Gasteiger partial charge in [0.2, 0.25) is 17.6 Å². The van der Waals surface area contributed by atoms with Crippen LogP contribution in [-0.4, -0.2) is 47.2 Å². The average molecular weight is 277 g/mol. The van der Waals surface area contributed by atoms with E-state index in [0.717, 1.165) is 13.0 Å². The van der Waals surface area contributed by atoms with E-state index in [1.807, 2.05) is 0 Å². The third kappa shape index (κ3) is 2.47. The van der Waals surface area contributed by atoms with E-state index < -0.39 is 0 Å². The van der Waals surface area contributed by atoms with Crippen LogP contribution in [0, 0.1) is 0 Å². The second-order valence-corrected chi connectivity index (χ2v) is 4.47. The van der Waals surface area contributed by atoms with Crippen LogP contribution in [0.2, 0.25) is 0 Å². The molecule has 0 radical (unpaired) electrons. The lowest BCUT2D eigenvalue weighted by Crippen LogP contribution is -2.16. The van der Waals surface area contributed by atoms with E-state index in [2.05, 4.69) is 25.7 Å². The first-order valence-corrected chi connectivity index (χ1v) is 6.28. The van der Waals surface area contributed by atoms with Crippen LogP contribution in [0.1, 0.15) is 18.4 Å². The number of nitrogens with one attached hydrogen (secondary N) is 1. The molecule has 2 atom stereocenters. The minimum absolute atomic E-state index is 0.0207. The Morgan fingerprint density at radius 2 is 2.20 bits per heavy atom. The fraction of sp³-hybridized carbons (Fsp3) is 0.500. The van der Waals surface area contributed by atoms with Crippen molar-refractivity contribution >= 4 is 0 Å². The van der Waals surface area contributed by atoms with Crippen molar-refractivity contribution in [2.24, 2.45) is 0 Å². The van der Waals surface area contributed by atoms with E-state index in [1.165, 1.54) is 7.11 Å². The van der Waals surface area contributed by atoms with E-state index >= 15 is 0 Å². The van der Waals surface area contributed by atoms with Crippen LogP contribution in [0.5, 0.6) is 5.88 Å². The number of rotatable bonds is 4. The van der Waals surface area contributed by atoms with Gasteiger partial charge in [0, 0.05) is 19.7 Å². The Bertz CT molecular complexity index is 571. The summed E-state index contributed by atoms with van der Waals surface area (Å²) in [6, 6.07) is 3.46. The zero-order chi connectivity index (χ0) is 13.9. The summed E-state index contributed by atoms with van der Waals surface area (Å²) in [6.45, 7) is 0.779. The van der Waals surface area contributed by atoms with Gasteiger partial charge in [0.25, 0.3) is 0 Å². The molecular weight excluding hydrogens is 262 g/mol. The summed E-state index contributed by atoms with van der Waals surface area (Å²) < 4.78 is 15.5. The molecule has 0 spiro atoms. The SMILES string of the molecule is COc1ccc(-c2noc(C3CC(OC)CN3)n2)nn1. The highest BCUT2D eigenvalue weighted by Crippen LogP contribution is 2.25. The molecule has 8 nitrogen and oxygen atoms in total. The van der Waals surface area contributed by atoms with Gasteiger partial charge in [-0.05, 0) is 12.5 Å². The van der Waals surface area contributed by atoms with Crippen molar-refractivity contribution < 1.29 is 14.0 Å². The molecule has 2 unspecified atom stereocenters. The minimum atomic E-state index is 0.0207. The molecule has 8 heteroatoms. The molecule has 20 heavy (non-hydrogen) atoms. The van der Waals surface area contributed by atoms with Crippen molar-refractivity contribution in [2.45, 2.75) is 18.6 Å². The molecule has 106 valence electrons. The summed E-state index contributed by atoms with van der Waals surface area (Å²) in [7, 11) is 3.23. The van der Waals surface area contributed by atoms with E-state index in [1.54, 1.807) is 19.2 Å². The Labute approximate surface area is 115 Å². The van der Waals surface area contributed by atoms with Crippen molar-refractivity contribution in [1.29, 1.82) is 0 Å². The van der Waals surface area contributed by atoms with Gasteiger partial charge in [0.1, 0.15) is 5.69 Å². The predicted octanol–water partition coefficient (Wildman–Crippen LogP) is 0.585. The molecule has 1 aliphatic rings. The topological polar surface area (TPSA) is 95.2 Å². The van der Waals surface area contributed by atoms with Crippen LogP contribution < -0.4 is 10.1 Å². The number of hydrogen-bond donors (Lipinski definition) is 1. The lowest BCUT2D eigenvalue weighted by atomic mass is 10.2. The van der Waals surface area contributed by atoms with E-state index in [-0.39, 0.29) is 12.1 Å². The van der Waals surface area contributed by atoms with Gasteiger partial charge in [-0.2, -0.15) is 4.98 Å². The van der Waals surface area contributed by atoms with Crippen LogP contribution in [0.3, 0.4) is 0 Å². The lowest BCUT2D eigenvalue weighted by molar-refractivity contribution is 0.116. The smallest absolute Gasteiger partial charge is 0.244 e. The summed E-state index contributed by atoms with van der Waals surface area (Å²) in [6.07, 6.45) is 0.989. The zero-order valence-corrected chi connectivity index (χ0v) is 11.2. The average Bonchev–Trinajstić information content (AvgIpc) is 3.16. The van der Waals surface area contributed by atoms with Crippen molar-refractivity contribution in [2.75, 3.05) is 20.8 Å². The molecule has 0 saturated carbocycles. The molecule has 1 fully saturated rings. The predicted molar refractivity (Wildman–Crippen MR) is 68.0 cm³/mol. The molecule has 2 aromatic rings. The van der Waals surface area contributed by atoms with Crippen molar-refractivity contribution in [3.8, 4) is 17.4 Å². The monoisotopic (exact) mass is 277 g/mol. The Balaban J connectivity index is 1.76. The second kappa shape index (κ2) is 5.51. The molecule has 1 N–H and O–H groups in total. The Hall–Kier alpha value is -2.06. The Morgan fingerprint density at radius 1 is 1.30 bits per heavy atom. The first kappa shape index (κ1) is 12.9. The highest BCUT2D eigenvalue weighted by Gasteiger charge is 2.29. The van der Waals surface area contributed by atoms with Crippen LogP contribution in [0.25, 0.3) is 11.5 Å². The molecule has 0 bridgehead atoms. The molecule has 0 aliphatic carbocycles. The van der Waals surface area contributed by atoms with Gasteiger partial charge in [0.15, 0.2) is 0 Å². The highest BCUT2D eigenvalue weighted by molar-refractivity contribution is 5.47. The Kier molecular flexibility index (Phi) is 3.57. The van der Waals surface area contributed by atoms with Crippen molar-refractivity contribution in [3.63, 3.8) is 0 Å². The van der Waals surface area contributed by atoms with Gasteiger partial charge in [-0.1, -0.05) is 5.16 Å². The maximum Gasteiger partial charge on any atom is 0.244 e. The molecule has 0 aromatic carbocycles. The first-order valence-electron chi connectivity index (χ1n) is 6.28. The summed E-state index contributed by atoms with van der Waals surface area (Å²) >= 11 is 0. The quantitative estimate of drug-likeness (QED) is 0.867. The standard InChI is InChI=1S/C12H15N5O3/c1-18-7-5-9(13-6-7)12-14-11(17-20-12)8-3-4-10(19-2)16-15-8/h3-4,7,9,13H,5-6H2,1-2H3. The van der Waals surface area contributed by atoms with Gasteiger partial charge in [-0.3, -0.25) is 0 Å². The van der Waals surface area contributed by atoms with Gasteiger partial charge in [0.05, 0.1) is 19.3 Å². The summed E-state index contributed by atoms with van der Waals surface area (Å²) in [4.78, 5) is 4.35. The van der Waals surface area contributed by atoms with Gasteiger partial charge in [-0.15, -0.1) is 10.2 Å². The van der Waals surface area contributed by atoms with Crippen LogP contribution in [0.15, 0.2) is 16.7 Å². The minimum Gasteiger partial charge on any atom is -0.480 e. The third-order valence-electron chi connectivity index (χ3n) is 3.24. The lowest BCUT2D eigenvalue weighted by Gasteiger charge is -2.04. The van der Waals surface area contributed by atoms with E-state index in [4.69, 9.17) is 14.0 Å². The number of hydrogen-bond acceptors (Lipinski definition) is 8. The molecule has 3 heterocycles. The van der Waals surface area contributed by atoms with E-state index in [9.17, 15) is 0 Å². The Morgan fingerprint density at radius 3 is 2.85 bits per heavy atom.